The second-order valence-corrected chi connectivity index (χ2v) is 3.18. The van der Waals surface area contributed by atoms with Gasteiger partial charge in [0.15, 0.2) is 5.16 Å². The lowest BCUT2D eigenvalue weighted by atomic mass is 10.9. The maximum atomic E-state index is 5.00. The molecule has 0 aromatic carbocycles. The van der Waals surface area contributed by atoms with E-state index in [0.717, 1.165) is 0 Å². The second kappa shape index (κ2) is 3.86. The van der Waals surface area contributed by atoms with Crippen LogP contribution in [0.1, 0.15) is 0 Å². The lowest BCUT2D eigenvalue weighted by Crippen LogP contribution is -2.05. The number of ether oxygens (including phenoxy) is 1. The molecule has 0 radical (unpaired) electrons. The van der Waals surface area contributed by atoms with E-state index < -0.39 is 0 Å². The normalized spacial score (nSPS) is 9.92. The Hall–Kier alpha value is -0.620. The Balaban J connectivity index is 3.29. The maximum absolute atomic E-state index is 5.00. The predicted molar refractivity (Wildman–Crippen MR) is 50.2 cm³/mol. The Bertz CT molecular complexity index is 336. The van der Waals surface area contributed by atoms with E-state index in [1.54, 1.807) is 18.7 Å². The highest BCUT2D eigenvalue weighted by atomic mass is 32.2. The van der Waals surface area contributed by atoms with E-state index in [0.29, 0.717) is 15.9 Å². The van der Waals surface area contributed by atoms with Gasteiger partial charge in [-0.1, -0.05) is 11.8 Å². The summed E-state index contributed by atoms with van der Waals surface area (Å²) in [6, 6.07) is 0.486. The van der Waals surface area contributed by atoms with Crippen LogP contribution in [0, 0.1) is 4.77 Å². The highest BCUT2D eigenvalue weighted by Crippen LogP contribution is 2.12. The Labute approximate surface area is 80.0 Å². The van der Waals surface area contributed by atoms with Gasteiger partial charge in [0.05, 0.1) is 7.11 Å². The van der Waals surface area contributed by atoms with Crippen molar-refractivity contribution in [1.82, 2.24) is 14.5 Å². The molecule has 0 saturated carbocycles. The molecule has 66 valence electrons. The minimum atomic E-state index is 0.478. The van der Waals surface area contributed by atoms with Gasteiger partial charge in [0.1, 0.15) is 0 Å². The van der Waals surface area contributed by atoms with Gasteiger partial charge in [0.25, 0.3) is 6.01 Å². The van der Waals surface area contributed by atoms with Gasteiger partial charge in [-0.15, -0.1) is 0 Å². The van der Waals surface area contributed by atoms with E-state index in [1.807, 2.05) is 6.26 Å². The van der Waals surface area contributed by atoms with E-state index in [4.69, 9.17) is 17.0 Å². The highest BCUT2D eigenvalue weighted by molar-refractivity contribution is 7.98. The van der Waals surface area contributed by atoms with Crippen molar-refractivity contribution in [3.63, 3.8) is 0 Å². The summed E-state index contributed by atoms with van der Waals surface area (Å²) in [7, 11) is 3.33. The number of thioether (sulfide) groups is 1. The SMILES string of the molecule is COc1nc(SC)nc(=S)n1C. The standard InChI is InChI=1S/C6H9N3OS2/c1-9-5(10-2)7-4(12-3)8-6(9)11/h1-3H3. The van der Waals surface area contributed by atoms with E-state index in [-0.39, 0.29) is 0 Å². The first kappa shape index (κ1) is 9.47. The second-order valence-electron chi connectivity index (χ2n) is 2.04. The molecular formula is C6H9N3OS2. The zero-order valence-electron chi connectivity index (χ0n) is 7.07. The number of methoxy groups -OCH3 is 1. The summed E-state index contributed by atoms with van der Waals surface area (Å²) in [5.74, 6) is 0. The first-order chi connectivity index (χ1) is 5.69. The molecule has 0 aliphatic carbocycles. The van der Waals surface area contributed by atoms with Gasteiger partial charge in [-0.2, -0.15) is 9.97 Å². The van der Waals surface area contributed by atoms with Crippen LogP contribution >= 0.6 is 24.0 Å². The first-order valence-corrected chi connectivity index (χ1v) is 4.85. The smallest absolute Gasteiger partial charge is 0.300 e. The van der Waals surface area contributed by atoms with E-state index >= 15 is 0 Å². The summed E-state index contributed by atoms with van der Waals surface area (Å²) in [6.45, 7) is 0. The van der Waals surface area contributed by atoms with E-state index in [9.17, 15) is 0 Å². The summed E-state index contributed by atoms with van der Waals surface area (Å²) in [5, 5.41) is 0.634. The van der Waals surface area contributed by atoms with Gasteiger partial charge in [-0.05, 0) is 18.5 Å². The van der Waals surface area contributed by atoms with Crippen LogP contribution in [-0.2, 0) is 7.05 Å². The third-order valence-corrected chi connectivity index (χ3v) is 2.23. The van der Waals surface area contributed by atoms with Crippen molar-refractivity contribution in [3.05, 3.63) is 4.77 Å². The average Bonchev–Trinajstić information content (AvgIpc) is 2.09. The molecule has 0 aliphatic rings. The summed E-state index contributed by atoms with van der Waals surface area (Å²) in [5.41, 5.74) is 0. The molecule has 0 amide bonds. The quantitative estimate of drug-likeness (QED) is 0.535. The van der Waals surface area contributed by atoms with Crippen LogP contribution in [0.2, 0.25) is 0 Å². The topological polar surface area (TPSA) is 39.9 Å². The summed E-state index contributed by atoms with van der Waals surface area (Å²) < 4.78 is 7.10. The number of aromatic nitrogens is 3. The molecule has 0 unspecified atom stereocenters. The van der Waals surface area contributed by atoms with Crippen molar-refractivity contribution in [3.8, 4) is 6.01 Å². The monoisotopic (exact) mass is 203 g/mol. The van der Waals surface area contributed by atoms with Crippen molar-refractivity contribution in [2.75, 3.05) is 13.4 Å². The van der Waals surface area contributed by atoms with Gasteiger partial charge < -0.3 is 4.74 Å². The van der Waals surface area contributed by atoms with Gasteiger partial charge in [0.2, 0.25) is 4.77 Å². The molecule has 1 rings (SSSR count). The molecule has 0 saturated heterocycles. The molecule has 0 aliphatic heterocycles. The zero-order chi connectivity index (χ0) is 9.14. The third-order valence-electron chi connectivity index (χ3n) is 1.32. The van der Waals surface area contributed by atoms with Gasteiger partial charge in [0, 0.05) is 7.05 Å². The fraction of sp³-hybridized carbons (Fsp3) is 0.500. The highest BCUT2D eigenvalue weighted by Gasteiger charge is 2.02. The van der Waals surface area contributed by atoms with Gasteiger partial charge in [-0.3, -0.25) is 4.57 Å². The Morgan fingerprint density at radius 3 is 2.67 bits per heavy atom. The van der Waals surface area contributed by atoms with Gasteiger partial charge in [-0.25, -0.2) is 0 Å². The van der Waals surface area contributed by atoms with Crippen molar-refractivity contribution < 1.29 is 4.74 Å². The molecule has 0 bridgehead atoms. The Morgan fingerprint density at radius 1 is 1.50 bits per heavy atom. The molecule has 12 heavy (non-hydrogen) atoms. The largest absolute Gasteiger partial charge is 0.468 e. The van der Waals surface area contributed by atoms with E-state index in [2.05, 4.69) is 9.97 Å². The fourth-order valence-electron chi connectivity index (χ4n) is 0.694. The number of hydrogen-bond acceptors (Lipinski definition) is 5. The first-order valence-electron chi connectivity index (χ1n) is 3.22. The summed E-state index contributed by atoms with van der Waals surface area (Å²) in [4.78, 5) is 8.15. The summed E-state index contributed by atoms with van der Waals surface area (Å²) >= 11 is 6.42. The number of nitrogens with zero attached hydrogens (tertiary/aromatic N) is 3. The predicted octanol–water partition coefficient (Wildman–Crippen LogP) is 1.28. The molecule has 1 aromatic heterocycles. The van der Waals surface area contributed by atoms with Crippen LogP contribution in [-0.4, -0.2) is 27.9 Å². The van der Waals surface area contributed by atoms with Crippen LogP contribution in [0.4, 0.5) is 0 Å². The van der Waals surface area contributed by atoms with Crippen LogP contribution in [0.3, 0.4) is 0 Å². The Kier molecular flexibility index (Phi) is 3.05. The molecule has 1 heterocycles. The molecule has 0 spiro atoms. The van der Waals surface area contributed by atoms with Crippen LogP contribution < -0.4 is 4.74 Å². The van der Waals surface area contributed by atoms with E-state index in [1.165, 1.54) is 11.8 Å². The van der Waals surface area contributed by atoms with Crippen LogP contribution in [0.25, 0.3) is 0 Å². The lowest BCUT2D eigenvalue weighted by Gasteiger charge is -2.05. The van der Waals surface area contributed by atoms with Gasteiger partial charge >= 0.3 is 0 Å². The third kappa shape index (κ3) is 1.75. The molecule has 6 heteroatoms. The number of hydrogen-bond donors (Lipinski definition) is 0. The number of rotatable bonds is 2. The van der Waals surface area contributed by atoms with Crippen molar-refractivity contribution in [2.45, 2.75) is 5.16 Å². The molecule has 0 atom stereocenters. The molecule has 0 N–H and O–H groups in total. The summed E-state index contributed by atoms with van der Waals surface area (Å²) in [6.07, 6.45) is 1.89. The molecule has 0 fully saturated rings. The zero-order valence-corrected chi connectivity index (χ0v) is 8.70. The molecular weight excluding hydrogens is 194 g/mol. The molecule has 4 nitrogen and oxygen atoms in total. The van der Waals surface area contributed by atoms with Crippen molar-refractivity contribution >= 4 is 24.0 Å². The lowest BCUT2D eigenvalue weighted by molar-refractivity contribution is 0.349. The average molecular weight is 203 g/mol. The minimum absolute atomic E-state index is 0.478. The van der Waals surface area contributed by atoms with Crippen LogP contribution in [0.5, 0.6) is 6.01 Å². The van der Waals surface area contributed by atoms with Crippen molar-refractivity contribution in [1.29, 1.82) is 0 Å². The fourth-order valence-corrected chi connectivity index (χ4v) is 1.26. The van der Waals surface area contributed by atoms with Crippen molar-refractivity contribution in [2.24, 2.45) is 7.05 Å². The minimum Gasteiger partial charge on any atom is -0.468 e. The molecule has 1 aromatic rings. The van der Waals surface area contributed by atoms with Crippen LogP contribution in [0.15, 0.2) is 5.16 Å². The Morgan fingerprint density at radius 2 is 2.17 bits per heavy atom. The maximum Gasteiger partial charge on any atom is 0.300 e.